The van der Waals surface area contributed by atoms with Crippen molar-refractivity contribution in [3.8, 4) is 11.5 Å². The van der Waals surface area contributed by atoms with Crippen LogP contribution in [0.25, 0.3) is 0 Å². The maximum atomic E-state index is 12.0. The van der Waals surface area contributed by atoms with Crippen molar-refractivity contribution in [2.45, 2.75) is 19.4 Å². The van der Waals surface area contributed by atoms with E-state index in [1.807, 2.05) is 19.1 Å². The van der Waals surface area contributed by atoms with Crippen molar-refractivity contribution in [2.75, 3.05) is 20.8 Å². The molecule has 0 saturated carbocycles. The molecule has 2 aromatic carbocycles. The smallest absolute Gasteiger partial charge is 0.310 e. The molecule has 1 atom stereocenters. The van der Waals surface area contributed by atoms with Crippen molar-refractivity contribution in [3.05, 3.63) is 58.6 Å². The standard InChI is InChI=1S/C20H22ClNO5/c1-13(15-5-7-16(21)8-6-15)22-19(23)12-27-20(24)11-14-4-9-17(25-2)18(10-14)26-3/h4-10,13H,11-12H2,1-3H3,(H,22,23)/t13-/m0/s1. The van der Waals surface area contributed by atoms with Crippen LogP contribution in [-0.2, 0) is 20.7 Å². The van der Waals surface area contributed by atoms with Gasteiger partial charge >= 0.3 is 5.97 Å². The molecular weight excluding hydrogens is 370 g/mol. The molecule has 2 rings (SSSR count). The SMILES string of the molecule is COc1ccc(CC(=O)OCC(=O)N[C@@H](C)c2ccc(Cl)cc2)cc1OC. The van der Waals surface area contributed by atoms with Crippen LogP contribution in [0, 0.1) is 0 Å². The zero-order valence-corrected chi connectivity index (χ0v) is 16.2. The summed E-state index contributed by atoms with van der Waals surface area (Å²) in [4.78, 5) is 24.0. The van der Waals surface area contributed by atoms with Crippen molar-refractivity contribution in [1.29, 1.82) is 0 Å². The molecule has 0 spiro atoms. The van der Waals surface area contributed by atoms with Crippen LogP contribution in [0.15, 0.2) is 42.5 Å². The molecule has 0 fully saturated rings. The minimum absolute atomic E-state index is 0.0281. The fourth-order valence-corrected chi connectivity index (χ4v) is 2.60. The van der Waals surface area contributed by atoms with Gasteiger partial charge in [0.1, 0.15) is 0 Å². The van der Waals surface area contributed by atoms with E-state index in [2.05, 4.69) is 5.32 Å². The summed E-state index contributed by atoms with van der Waals surface area (Å²) in [6.07, 6.45) is 0.0281. The van der Waals surface area contributed by atoms with Crippen LogP contribution in [0.4, 0.5) is 0 Å². The minimum atomic E-state index is -0.503. The van der Waals surface area contributed by atoms with Gasteiger partial charge in [-0.05, 0) is 42.3 Å². The molecule has 27 heavy (non-hydrogen) atoms. The number of amides is 1. The first kappa shape index (κ1) is 20.6. The molecule has 0 radical (unpaired) electrons. The fraction of sp³-hybridized carbons (Fsp3) is 0.300. The molecule has 6 nitrogen and oxygen atoms in total. The zero-order valence-electron chi connectivity index (χ0n) is 15.5. The van der Waals surface area contributed by atoms with Crippen molar-refractivity contribution in [1.82, 2.24) is 5.32 Å². The Balaban J connectivity index is 1.82. The van der Waals surface area contributed by atoms with Crippen LogP contribution >= 0.6 is 11.6 Å². The van der Waals surface area contributed by atoms with E-state index in [0.717, 1.165) is 5.56 Å². The Bertz CT molecular complexity index is 791. The summed E-state index contributed by atoms with van der Waals surface area (Å²) in [5.41, 5.74) is 1.61. The second-order valence-corrected chi connectivity index (χ2v) is 6.30. The fourth-order valence-electron chi connectivity index (χ4n) is 2.47. The van der Waals surface area contributed by atoms with Gasteiger partial charge in [0.05, 0.1) is 26.7 Å². The van der Waals surface area contributed by atoms with Crippen LogP contribution < -0.4 is 14.8 Å². The summed E-state index contributed by atoms with van der Waals surface area (Å²) in [5, 5.41) is 3.40. The monoisotopic (exact) mass is 391 g/mol. The maximum Gasteiger partial charge on any atom is 0.310 e. The van der Waals surface area contributed by atoms with Gasteiger partial charge in [0, 0.05) is 5.02 Å². The number of nitrogens with one attached hydrogen (secondary N) is 1. The van der Waals surface area contributed by atoms with Crippen LogP contribution in [0.1, 0.15) is 24.1 Å². The van der Waals surface area contributed by atoms with Crippen LogP contribution in [0.3, 0.4) is 0 Å². The van der Waals surface area contributed by atoms with Gasteiger partial charge in [0.15, 0.2) is 18.1 Å². The molecule has 0 unspecified atom stereocenters. The molecule has 7 heteroatoms. The lowest BCUT2D eigenvalue weighted by molar-refractivity contribution is -0.148. The van der Waals surface area contributed by atoms with E-state index in [0.29, 0.717) is 22.1 Å². The summed E-state index contributed by atoms with van der Waals surface area (Å²) in [5.74, 6) is 0.220. The number of hydrogen-bond donors (Lipinski definition) is 1. The average Bonchev–Trinajstić information content (AvgIpc) is 2.66. The largest absolute Gasteiger partial charge is 0.493 e. The van der Waals surface area contributed by atoms with E-state index in [9.17, 15) is 9.59 Å². The predicted octanol–water partition coefficient (Wildman–Crippen LogP) is 3.32. The predicted molar refractivity (Wildman–Crippen MR) is 102 cm³/mol. The van der Waals surface area contributed by atoms with Crippen molar-refractivity contribution in [3.63, 3.8) is 0 Å². The van der Waals surface area contributed by atoms with E-state index in [-0.39, 0.29) is 25.0 Å². The van der Waals surface area contributed by atoms with Crippen molar-refractivity contribution < 1.29 is 23.8 Å². The van der Waals surface area contributed by atoms with Crippen LogP contribution in [-0.4, -0.2) is 32.7 Å². The summed E-state index contributed by atoms with van der Waals surface area (Å²) < 4.78 is 15.4. The summed E-state index contributed by atoms with van der Waals surface area (Å²) in [7, 11) is 3.06. The third kappa shape index (κ3) is 6.18. The van der Waals surface area contributed by atoms with Gasteiger partial charge in [0.25, 0.3) is 5.91 Å². The Morgan fingerprint density at radius 1 is 1.04 bits per heavy atom. The number of hydrogen-bond acceptors (Lipinski definition) is 5. The quantitative estimate of drug-likeness (QED) is 0.699. The lowest BCUT2D eigenvalue weighted by atomic mass is 10.1. The second kappa shape index (κ2) is 9.83. The van der Waals surface area contributed by atoms with E-state index < -0.39 is 5.97 Å². The Labute approximate surface area is 163 Å². The zero-order chi connectivity index (χ0) is 19.8. The second-order valence-electron chi connectivity index (χ2n) is 5.87. The molecule has 0 saturated heterocycles. The molecule has 0 aromatic heterocycles. The summed E-state index contributed by atoms with van der Waals surface area (Å²) >= 11 is 5.85. The highest BCUT2D eigenvalue weighted by Gasteiger charge is 2.13. The van der Waals surface area contributed by atoms with Gasteiger partial charge in [-0.3, -0.25) is 9.59 Å². The van der Waals surface area contributed by atoms with E-state index in [1.54, 1.807) is 30.3 Å². The first-order chi connectivity index (χ1) is 12.9. The van der Waals surface area contributed by atoms with Crippen molar-refractivity contribution in [2.24, 2.45) is 0 Å². The number of methoxy groups -OCH3 is 2. The van der Waals surface area contributed by atoms with Gasteiger partial charge in [-0.25, -0.2) is 0 Å². The number of carbonyl (C=O) groups is 2. The first-order valence-corrected chi connectivity index (χ1v) is 8.72. The Kier molecular flexibility index (Phi) is 7.49. The van der Waals surface area contributed by atoms with Crippen molar-refractivity contribution >= 4 is 23.5 Å². The normalized spacial score (nSPS) is 11.4. The Morgan fingerprint density at radius 3 is 2.33 bits per heavy atom. The maximum absolute atomic E-state index is 12.0. The molecule has 1 amide bonds. The highest BCUT2D eigenvalue weighted by Crippen LogP contribution is 2.27. The molecule has 0 heterocycles. The summed E-state index contributed by atoms with van der Waals surface area (Å²) in [6.45, 7) is 1.50. The highest BCUT2D eigenvalue weighted by molar-refractivity contribution is 6.30. The number of carbonyl (C=O) groups excluding carboxylic acids is 2. The molecule has 0 aliphatic carbocycles. The molecule has 0 aliphatic heterocycles. The van der Waals surface area contributed by atoms with E-state index in [1.165, 1.54) is 14.2 Å². The van der Waals surface area contributed by atoms with Gasteiger partial charge in [-0.15, -0.1) is 0 Å². The summed E-state index contributed by atoms with van der Waals surface area (Å²) in [6, 6.07) is 12.1. The minimum Gasteiger partial charge on any atom is -0.493 e. The third-order valence-electron chi connectivity index (χ3n) is 3.91. The van der Waals surface area contributed by atoms with Gasteiger partial charge in [-0.1, -0.05) is 29.8 Å². The molecule has 0 bridgehead atoms. The Morgan fingerprint density at radius 2 is 1.70 bits per heavy atom. The van der Waals surface area contributed by atoms with E-state index >= 15 is 0 Å². The molecular formula is C20H22ClNO5. The number of ether oxygens (including phenoxy) is 3. The van der Waals surface area contributed by atoms with Gasteiger partial charge in [0.2, 0.25) is 0 Å². The number of esters is 1. The molecule has 1 N–H and O–H groups in total. The lowest BCUT2D eigenvalue weighted by Gasteiger charge is -2.14. The first-order valence-electron chi connectivity index (χ1n) is 8.34. The average molecular weight is 392 g/mol. The van der Waals surface area contributed by atoms with Crippen LogP contribution in [0.5, 0.6) is 11.5 Å². The third-order valence-corrected chi connectivity index (χ3v) is 4.16. The number of benzene rings is 2. The molecule has 2 aromatic rings. The van der Waals surface area contributed by atoms with E-state index in [4.69, 9.17) is 25.8 Å². The van der Waals surface area contributed by atoms with Crippen LogP contribution in [0.2, 0.25) is 5.02 Å². The Hall–Kier alpha value is -2.73. The molecule has 0 aliphatic rings. The lowest BCUT2D eigenvalue weighted by Crippen LogP contribution is -2.31. The topological polar surface area (TPSA) is 73.9 Å². The molecule has 144 valence electrons. The number of rotatable bonds is 8. The van der Waals surface area contributed by atoms with Gasteiger partial charge < -0.3 is 19.5 Å². The number of halogens is 1. The highest BCUT2D eigenvalue weighted by atomic mass is 35.5. The van der Waals surface area contributed by atoms with Gasteiger partial charge in [-0.2, -0.15) is 0 Å².